The zero-order valence-corrected chi connectivity index (χ0v) is 11.9. The lowest BCUT2D eigenvalue weighted by atomic mass is 10.1. The lowest BCUT2D eigenvalue weighted by molar-refractivity contribution is -0.384. The quantitative estimate of drug-likeness (QED) is 0.294. The van der Waals surface area contributed by atoms with Crippen LogP contribution in [-0.2, 0) is 10.9 Å². The number of nitro benzene ring substituents is 1. The maximum absolute atomic E-state index is 12.9. The maximum Gasteiger partial charge on any atom is 0.514 e. The van der Waals surface area contributed by atoms with Gasteiger partial charge in [0.25, 0.3) is 5.69 Å². The minimum atomic E-state index is -4.98. The molecule has 1 aromatic carbocycles. The summed E-state index contributed by atoms with van der Waals surface area (Å²) in [5.41, 5.74) is 1.30. The fourth-order valence-electron chi connectivity index (χ4n) is 1.41. The van der Waals surface area contributed by atoms with E-state index in [-0.39, 0.29) is 6.07 Å². The molecule has 2 N–H and O–H groups in total. The first-order chi connectivity index (χ1) is 9.81. The van der Waals surface area contributed by atoms with Gasteiger partial charge in [0.1, 0.15) is 22.6 Å². The Bertz CT molecular complexity index is 608. The second kappa shape index (κ2) is 5.70. The van der Waals surface area contributed by atoms with Crippen LogP contribution in [-0.4, -0.2) is 16.7 Å². The smallest absolute Gasteiger partial charge is 0.428 e. The molecule has 0 aliphatic carbocycles. The Labute approximate surface area is 122 Å². The van der Waals surface area contributed by atoms with E-state index in [2.05, 4.69) is 4.74 Å². The molecule has 0 heterocycles. The Balaban J connectivity index is 3.26. The van der Waals surface area contributed by atoms with Crippen LogP contribution in [0.4, 0.5) is 29.3 Å². The van der Waals surface area contributed by atoms with Crippen LogP contribution in [0.2, 0.25) is 0 Å². The summed E-state index contributed by atoms with van der Waals surface area (Å²) in [7, 11) is 0. The number of hydrogen-bond acceptors (Lipinski definition) is 6. The van der Waals surface area contributed by atoms with Crippen LogP contribution in [0.25, 0.3) is 0 Å². The monoisotopic (exact) mass is 322 g/mol. The van der Waals surface area contributed by atoms with Gasteiger partial charge in [0.2, 0.25) is 0 Å². The molecule has 0 spiro atoms. The van der Waals surface area contributed by atoms with Crippen molar-refractivity contribution in [3.63, 3.8) is 0 Å². The van der Waals surface area contributed by atoms with Crippen LogP contribution in [0.3, 0.4) is 0 Å². The summed E-state index contributed by atoms with van der Waals surface area (Å²) in [6, 6.07) is 0.764. The van der Waals surface area contributed by atoms with Crippen LogP contribution >= 0.6 is 0 Å². The minimum Gasteiger partial charge on any atom is -0.428 e. The summed E-state index contributed by atoms with van der Waals surface area (Å²) < 4.78 is 48.0. The standard InChI is InChI=1S/C12H13F3N2O5/c1-11(2,3)22-10(18)21-9-5-7(16)8(17(19)20)4-6(9)12(13,14)15/h4-5H,16H2,1-3H3. The molecular weight excluding hydrogens is 309 g/mol. The fourth-order valence-corrected chi connectivity index (χ4v) is 1.41. The number of alkyl halides is 3. The highest BCUT2D eigenvalue weighted by Crippen LogP contribution is 2.41. The number of nitrogen functional groups attached to an aromatic ring is 1. The van der Waals surface area contributed by atoms with E-state index in [1.165, 1.54) is 20.8 Å². The van der Waals surface area contributed by atoms with Crippen LogP contribution in [0, 0.1) is 10.1 Å². The van der Waals surface area contributed by atoms with Gasteiger partial charge in [-0.25, -0.2) is 4.79 Å². The van der Waals surface area contributed by atoms with E-state index >= 15 is 0 Å². The van der Waals surface area contributed by atoms with Crippen LogP contribution < -0.4 is 10.5 Å². The molecule has 7 nitrogen and oxygen atoms in total. The van der Waals surface area contributed by atoms with Gasteiger partial charge in [0.15, 0.2) is 0 Å². The zero-order chi connectivity index (χ0) is 17.3. The Morgan fingerprint density at radius 1 is 1.27 bits per heavy atom. The number of nitro groups is 1. The molecule has 0 aliphatic heterocycles. The van der Waals surface area contributed by atoms with Gasteiger partial charge in [-0.1, -0.05) is 0 Å². The second-order valence-corrected chi connectivity index (χ2v) is 5.23. The van der Waals surface area contributed by atoms with Crippen LogP contribution in [0.15, 0.2) is 12.1 Å². The number of ether oxygens (including phenoxy) is 2. The van der Waals surface area contributed by atoms with Crippen LogP contribution in [0.1, 0.15) is 26.3 Å². The fraction of sp³-hybridized carbons (Fsp3) is 0.417. The number of benzene rings is 1. The first-order valence-corrected chi connectivity index (χ1v) is 5.87. The number of rotatable bonds is 2. The molecule has 0 aliphatic rings. The number of halogens is 3. The Morgan fingerprint density at radius 2 is 1.82 bits per heavy atom. The molecular formula is C12H13F3N2O5. The Morgan fingerprint density at radius 3 is 2.23 bits per heavy atom. The molecule has 0 amide bonds. The van der Waals surface area contributed by atoms with E-state index < -0.39 is 45.5 Å². The predicted octanol–water partition coefficient (Wildman–Crippen LogP) is 3.51. The van der Waals surface area contributed by atoms with Crippen molar-refractivity contribution in [3.8, 4) is 5.75 Å². The van der Waals surface area contributed by atoms with Crippen molar-refractivity contribution in [1.29, 1.82) is 0 Å². The third-order valence-electron chi connectivity index (χ3n) is 2.21. The first-order valence-electron chi connectivity index (χ1n) is 5.87. The van der Waals surface area contributed by atoms with Gasteiger partial charge in [-0.3, -0.25) is 10.1 Å². The number of carbonyl (C=O) groups is 1. The molecule has 0 fully saturated rings. The number of nitrogens with two attached hydrogens (primary N) is 1. The Kier molecular flexibility index (Phi) is 4.54. The van der Waals surface area contributed by atoms with Gasteiger partial charge in [-0.05, 0) is 20.8 Å². The summed E-state index contributed by atoms with van der Waals surface area (Å²) in [6.45, 7) is 4.47. The largest absolute Gasteiger partial charge is 0.514 e. The van der Waals surface area contributed by atoms with Crippen molar-refractivity contribution < 1.29 is 32.4 Å². The molecule has 0 bridgehead atoms. The van der Waals surface area contributed by atoms with Crippen LogP contribution in [0.5, 0.6) is 5.75 Å². The van der Waals surface area contributed by atoms with Gasteiger partial charge in [-0.2, -0.15) is 13.2 Å². The van der Waals surface area contributed by atoms with Crippen molar-refractivity contribution in [3.05, 3.63) is 27.8 Å². The van der Waals surface area contributed by atoms with E-state index in [9.17, 15) is 28.1 Å². The van der Waals surface area contributed by atoms with E-state index in [0.29, 0.717) is 6.07 Å². The normalized spacial score (nSPS) is 11.9. The van der Waals surface area contributed by atoms with Gasteiger partial charge in [0.05, 0.1) is 4.92 Å². The third kappa shape index (κ3) is 4.50. The second-order valence-electron chi connectivity index (χ2n) is 5.23. The molecule has 0 saturated carbocycles. The molecule has 0 aromatic heterocycles. The summed E-state index contributed by atoms with van der Waals surface area (Å²) >= 11 is 0. The maximum atomic E-state index is 12.9. The highest BCUT2D eigenvalue weighted by molar-refractivity contribution is 5.70. The van der Waals surface area contributed by atoms with Crippen molar-refractivity contribution >= 4 is 17.5 Å². The summed E-state index contributed by atoms with van der Waals surface area (Å²) in [6.07, 6.45) is -6.36. The molecule has 1 rings (SSSR count). The first kappa shape index (κ1) is 17.5. The lowest BCUT2D eigenvalue weighted by Gasteiger charge is -2.20. The van der Waals surface area contributed by atoms with Crippen molar-refractivity contribution in [2.24, 2.45) is 0 Å². The van der Waals surface area contributed by atoms with E-state index in [1.807, 2.05) is 0 Å². The zero-order valence-electron chi connectivity index (χ0n) is 11.9. The topological polar surface area (TPSA) is 105 Å². The van der Waals surface area contributed by atoms with E-state index in [1.54, 1.807) is 0 Å². The van der Waals surface area contributed by atoms with Gasteiger partial charge in [0, 0.05) is 12.1 Å². The van der Waals surface area contributed by atoms with Gasteiger partial charge >= 0.3 is 12.3 Å². The molecule has 1 aromatic rings. The van der Waals surface area contributed by atoms with E-state index in [0.717, 1.165) is 0 Å². The number of hydrogen-bond donors (Lipinski definition) is 1. The lowest BCUT2D eigenvalue weighted by Crippen LogP contribution is -2.26. The van der Waals surface area contributed by atoms with Crippen molar-refractivity contribution in [2.75, 3.05) is 5.73 Å². The van der Waals surface area contributed by atoms with Gasteiger partial charge in [-0.15, -0.1) is 0 Å². The van der Waals surface area contributed by atoms with Crippen molar-refractivity contribution in [1.82, 2.24) is 0 Å². The molecule has 0 saturated heterocycles. The number of nitrogens with zero attached hydrogens (tertiary/aromatic N) is 1. The molecule has 122 valence electrons. The third-order valence-corrected chi connectivity index (χ3v) is 2.21. The SMILES string of the molecule is CC(C)(C)OC(=O)Oc1cc(N)c([N+](=O)[O-])cc1C(F)(F)F. The molecule has 22 heavy (non-hydrogen) atoms. The van der Waals surface area contributed by atoms with E-state index in [4.69, 9.17) is 10.5 Å². The molecule has 0 radical (unpaired) electrons. The molecule has 0 unspecified atom stereocenters. The average molecular weight is 322 g/mol. The average Bonchev–Trinajstić information content (AvgIpc) is 2.23. The number of anilines is 1. The minimum absolute atomic E-state index is 0.203. The summed E-state index contributed by atoms with van der Waals surface area (Å²) in [5, 5.41) is 10.6. The van der Waals surface area contributed by atoms with Crippen molar-refractivity contribution in [2.45, 2.75) is 32.5 Å². The highest BCUT2D eigenvalue weighted by Gasteiger charge is 2.38. The predicted molar refractivity (Wildman–Crippen MR) is 69.4 cm³/mol. The highest BCUT2D eigenvalue weighted by atomic mass is 19.4. The Hall–Kier alpha value is -2.52. The molecule has 10 heteroatoms. The number of carbonyl (C=O) groups excluding carboxylic acids is 1. The van der Waals surface area contributed by atoms with Gasteiger partial charge < -0.3 is 15.2 Å². The summed E-state index contributed by atoms with van der Waals surface area (Å²) in [5.74, 6) is -0.968. The summed E-state index contributed by atoms with van der Waals surface area (Å²) in [4.78, 5) is 21.0. The molecule has 0 atom stereocenters.